The molecule has 1 heterocycles. The van der Waals surface area contributed by atoms with Crippen LogP contribution < -0.4 is 5.73 Å². The predicted octanol–water partition coefficient (Wildman–Crippen LogP) is -0.208. The van der Waals surface area contributed by atoms with E-state index >= 15 is 0 Å². The molecule has 3 N–H and O–H groups in total. The minimum Gasteiger partial charge on any atom is -0.394 e. The summed E-state index contributed by atoms with van der Waals surface area (Å²) in [6.07, 6.45) is 2.56. The summed E-state index contributed by atoms with van der Waals surface area (Å²) in [5.41, 5.74) is 5.39. The summed E-state index contributed by atoms with van der Waals surface area (Å²) in [7, 11) is 0. The Bertz CT molecular complexity index is 119. The zero-order chi connectivity index (χ0) is 8.32. The Hall–Kier alpha value is -0.120. The first-order valence-electron chi connectivity index (χ1n) is 4.26. The third kappa shape index (κ3) is 2.77. The maximum absolute atomic E-state index is 8.90. The van der Waals surface area contributed by atoms with E-state index in [0.29, 0.717) is 0 Å². The van der Waals surface area contributed by atoms with Gasteiger partial charge in [-0.1, -0.05) is 0 Å². The molecular weight excluding hydrogens is 140 g/mol. The van der Waals surface area contributed by atoms with E-state index in [-0.39, 0.29) is 6.61 Å². The molecule has 0 saturated carbocycles. The van der Waals surface area contributed by atoms with Gasteiger partial charge in [0.1, 0.15) is 0 Å². The molecular formula is C8H18N2O. The fourth-order valence-electron chi connectivity index (χ4n) is 1.50. The summed E-state index contributed by atoms with van der Waals surface area (Å²) < 4.78 is 0. The Kier molecular flexibility index (Phi) is 2.87. The zero-order valence-electron chi connectivity index (χ0n) is 7.21. The standard InChI is InChI=1S/C8H18N2O/c1-8(9,7-11)6-10-4-2-3-5-10/h11H,2-7,9H2,1H3. The van der Waals surface area contributed by atoms with Gasteiger partial charge in [-0.05, 0) is 32.9 Å². The Morgan fingerprint density at radius 1 is 1.45 bits per heavy atom. The first-order valence-corrected chi connectivity index (χ1v) is 4.26. The van der Waals surface area contributed by atoms with Crippen LogP contribution in [0, 0.1) is 0 Å². The molecule has 0 radical (unpaired) electrons. The van der Waals surface area contributed by atoms with E-state index in [2.05, 4.69) is 4.90 Å². The van der Waals surface area contributed by atoms with Crippen molar-refractivity contribution in [3.8, 4) is 0 Å². The van der Waals surface area contributed by atoms with Crippen molar-refractivity contribution in [2.45, 2.75) is 25.3 Å². The molecule has 3 nitrogen and oxygen atoms in total. The molecule has 0 amide bonds. The van der Waals surface area contributed by atoms with Crippen LogP contribution >= 0.6 is 0 Å². The van der Waals surface area contributed by atoms with Crippen LogP contribution in [0.2, 0.25) is 0 Å². The van der Waals surface area contributed by atoms with E-state index in [1.807, 2.05) is 6.92 Å². The van der Waals surface area contributed by atoms with E-state index in [9.17, 15) is 0 Å². The van der Waals surface area contributed by atoms with Crippen LogP contribution in [0.5, 0.6) is 0 Å². The molecule has 3 heteroatoms. The molecule has 0 aromatic heterocycles. The largest absolute Gasteiger partial charge is 0.394 e. The van der Waals surface area contributed by atoms with Gasteiger partial charge < -0.3 is 15.7 Å². The van der Waals surface area contributed by atoms with Crippen molar-refractivity contribution in [3.05, 3.63) is 0 Å². The summed E-state index contributed by atoms with van der Waals surface area (Å²) in [6.45, 7) is 5.08. The quantitative estimate of drug-likeness (QED) is 0.597. The van der Waals surface area contributed by atoms with Crippen LogP contribution in [0.4, 0.5) is 0 Å². The van der Waals surface area contributed by atoms with Gasteiger partial charge in [0.05, 0.1) is 6.61 Å². The topological polar surface area (TPSA) is 49.5 Å². The second-order valence-electron chi connectivity index (χ2n) is 3.80. The highest BCUT2D eigenvalue weighted by atomic mass is 16.3. The minimum absolute atomic E-state index is 0.0729. The van der Waals surface area contributed by atoms with Crippen LogP contribution in [-0.2, 0) is 0 Å². The molecule has 1 rings (SSSR count). The molecule has 1 saturated heterocycles. The summed E-state index contributed by atoms with van der Waals surface area (Å²) in [6, 6.07) is 0. The van der Waals surface area contributed by atoms with Gasteiger partial charge in [0.2, 0.25) is 0 Å². The summed E-state index contributed by atoms with van der Waals surface area (Å²) in [4.78, 5) is 2.32. The Labute approximate surface area is 68.2 Å². The van der Waals surface area contributed by atoms with Crippen LogP contribution in [0.15, 0.2) is 0 Å². The van der Waals surface area contributed by atoms with Crippen LogP contribution in [-0.4, -0.2) is 41.8 Å². The fraction of sp³-hybridized carbons (Fsp3) is 1.00. The lowest BCUT2D eigenvalue weighted by Crippen LogP contribution is -2.49. The maximum Gasteiger partial charge on any atom is 0.0621 e. The zero-order valence-corrected chi connectivity index (χ0v) is 7.21. The highest BCUT2D eigenvalue weighted by molar-refractivity contribution is 4.83. The van der Waals surface area contributed by atoms with Gasteiger partial charge in [-0.25, -0.2) is 0 Å². The second-order valence-corrected chi connectivity index (χ2v) is 3.80. The van der Waals surface area contributed by atoms with Gasteiger partial charge in [0, 0.05) is 12.1 Å². The number of hydrogen-bond donors (Lipinski definition) is 2. The number of hydrogen-bond acceptors (Lipinski definition) is 3. The number of rotatable bonds is 3. The van der Waals surface area contributed by atoms with Gasteiger partial charge in [0.25, 0.3) is 0 Å². The lowest BCUT2D eigenvalue weighted by atomic mass is 10.1. The molecule has 0 aromatic carbocycles. The molecule has 1 fully saturated rings. The first kappa shape index (κ1) is 8.97. The first-order chi connectivity index (χ1) is 5.14. The molecule has 0 spiro atoms. The molecule has 1 aliphatic heterocycles. The van der Waals surface area contributed by atoms with Gasteiger partial charge in [-0.15, -0.1) is 0 Å². The van der Waals surface area contributed by atoms with Crippen molar-refractivity contribution in [2.24, 2.45) is 5.73 Å². The molecule has 11 heavy (non-hydrogen) atoms. The molecule has 1 atom stereocenters. The van der Waals surface area contributed by atoms with E-state index in [1.165, 1.54) is 12.8 Å². The van der Waals surface area contributed by atoms with Gasteiger partial charge in [0.15, 0.2) is 0 Å². The van der Waals surface area contributed by atoms with Crippen molar-refractivity contribution in [2.75, 3.05) is 26.2 Å². The fourth-order valence-corrected chi connectivity index (χ4v) is 1.50. The van der Waals surface area contributed by atoms with Crippen molar-refractivity contribution >= 4 is 0 Å². The highest BCUT2D eigenvalue weighted by Gasteiger charge is 2.22. The summed E-state index contributed by atoms with van der Waals surface area (Å²) in [5, 5.41) is 8.90. The Morgan fingerprint density at radius 3 is 2.45 bits per heavy atom. The lowest BCUT2D eigenvalue weighted by Gasteiger charge is -2.27. The molecule has 0 bridgehead atoms. The number of aliphatic hydroxyl groups is 1. The highest BCUT2D eigenvalue weighted by Crippen LogP contribution is 2.10. The van der Waals surface area contributed by atoms with Crippen LogP contribution in [0.25, 0.3) is 0 Å². The summed E-state index contributed by atoms with van der Waals surface area (Å²) >= 11 is 0. The third-order valence-electron chi connectivity index (χ3n) is 2.14. The molecule has 0 aromatic rings. The SMILES string of the molecule is CC(N)(CO)CN1CCCC1. The van der Waals surface area contributed by atoms with E-state index in [0.717, 1.165) is 19.6 Å². The lowest BCUT2D eigenvalue weighted by molar-refractivity contribution is 0.162. The Morgan fingerprint density at radius 2 is 2.00 bits per heavy atom. The van der Waals surface area contributed by atoms with Gasteiger partial charge in [-0.3, -0.25) is 0 Å². The van der Waals surface area contributed by atoms with E-state index in [4.69, 9.17) is 10.8 Å². The third-order valence-corrected chi connectivity index (χ3v) is 2.14. The number of aliphatic hydroxyl groups excluding tert-OH is 1. The summed E-state index contributed by atoms with van der Waals surface area (Å²) in [5.74, 6) is 0. The minimum atomic E-state index is -0.412. The van der Waals surface area contributed by atoms with Crippen molar-refractivity contribution in [3.63, 3.8) is 0 Å². The average molecular weight is 158 g/mol. The monoisotopic (exact) mass is 158 g/mol. The van der Waals surface area contributed by atoms with Crippen LogP contribution in [0.3, 0.4) is 0 Å². The molecule has 0 aliphatic carbocycles. The molecule has 1 aliphatic rings. The van der Waals surface area contributed by atoms with Crippen molar-refractivity contribution in [1.82, 2.24) is 4.90 Å². The van der Waals surface area contributed by atoms with E-state index in [1.54, 1.807) is 0 Å². The molecule has 1 unspecified atom stereocenters. The van der Waals surface area contributed by atoms with Gasteiger partial charge >= 0.3 is 0 Å². The maximum atomic E-state index is 8.90. The number of nitrogens with two attached hydrogens (primary N) is 1. The number of likely N-dealkylation sites (tertiary alicyclic amines) is 1. The number of nitrogens with zero attached hydrogens (tertiary/aromatic N) is 1. The van der Waals surface area contributed by atoms with Crippen LogP contribution in [0.1, 0.15) is 19.8 Å². The smallest absolute Gasteiger partial charge is 0.0621 e. The normalized spacial score (nSPS) is 25.4. The average Bonchev–Trinajstić information content (AvgIpc) is 2.39. The van der Waals surface area contributed by atoms with Gasteiger partial charge in [-0.2, -0.15) is 0 Å². The Balaban J connectivity index is 2.28. The molecule has 66 valence electrons. The van der Waals surface area contributed by atoms with Crippen molar-refractivity contribution in [1.29, 1.82) is 0 Å². The second kappa shape index (κ2) is 3.52. The predicted molar refractivity (Wildman–Crippen MR) is 45.4 cm³/mol. The van der Waals surface area contributed by atoms with Crippen molar-refractivity contribution < 1.29 is 5.11 Å². The van der Waals surface area contributed by atoms with E-state index < -0.39 is 5.54 Å².